The van der Waals surface area contributed by atoms with Crippen LogP contribution in [0.4, 0.5) is 4.79 Å². The molecule has 2 fully saturated rings. The highest BCUT2D eigenvalue weighted by Crippen LogP contribution is 2.14. The summed E-state index contributed by atoms with van der Waals surface area (Å²) in [5.74, 6) is 1.12. The molecule has 2 aliphatic rings. The molecular formula is C27H40N6O4. The standard InChI is InChI=1S/C13H18N4O2.C12H20N2O2.C2H2/c1-4-5-11(7-10-6-9(2)19-8-10)16-12(14)17-13(18)15-3;15-11-6-2-1-3-9-14(11)10-12(16)13-7-4-5-8-13;1-2/h4-8H,1-3H3,(H4,14,15,16,17,18);1-10H2;1-2H/b5-4-,11-7+;;. The van der Waals surface area contributed by atoms with Crippen LogP contribution in [-0.4, -0.2) is 66.8 Å². The van der Waals surface area contributed by atoms with E-state index in [1.807, 2.05) is 30.9 Å². The number of nitrogens with one attached hydrogen (secondary N) is 2. The van der Waals surface area contributed by atoms with Crippen LogP contribution in [0.1, 0.15) is 56.8 Å². The first-order chi connectivity index (χ1) is 17.8. The zero-order valence-electron chi connectivity index (χ0n) is 22.2. The summed E-state index contributed by atoms with van der Waals surface area (Å²) in [6, 6.07) is 1.46. The van der Waals surface area contributed by atoms with Crippen LogP contribution in [-0.2, 0) is 9.59 Å². The van der Waals surface area contributed by atoms with Crippen molar-refractivity contribution < 1.29 is 18.8 Å². The van der Waals surface area contributed by atoms with Crippen LogP contribution in [0.25, 0.3) is 6.08 Å². The summed E-state index contributed by atoms with van der Waals surface area (Å²) in [5.41, 5.74) is 7.11. The average Bonchev–Trinajstić information content (AvgIpc) is 3.52. The number of carbonyl (C=O) groups excluding carboxylic acids is 3. The number of guanidine groups is 1. The van der Waals surface area contributed by atoms with Crippen LogP contribution < -0.4 is 16.4 Å². The van der Waals surface area contributed by atoms with E-state index in [0.717, 1.165) is 63.1 Å². The largest absolute Gasteiger partial charge is 0.469 e. The van der Waals surface area contributed by atoms with Crippen molar-refractivity contribution in [3.63, 3.8) is 0 Å². The van der Waals surface area contributed by atoms with Crippen LogP contribution in [0.2, 0.25) is 0 Å². The Morgan fingerprint density at radius 3 is 2.43 bits per heavy atom. The van der Waals surface area contributed by atoms with E-state index >= 15 is 0 Å². The number of nitrogens with zero attached hydrogens (tertiary/aromatic N) is 3. The SMILES string of the molecule is C#C.C/C=C\C(=C/c1coc(C)c1)N=C(N)NC(=O)NC.O=C(CN1CCCCCC1=O)N1CCCC1. The molecule has 202 valence electrons. The number of likely N-dealkylation sites (tertiary alicyclic amines) is 2. The number of nitrogens with two attached hydrogens (primary N) is 1. The number of allylic oxidation sites excluding steroid dienone is 2. The molecule has 3 heterocycles. The Bertz CT molecular complexity index is 986. The Morgan fingerprint density at radius 2 is 1.84 bits per heavy atom. The van der Waals surface area contributed by atoms with Gasteiger partial charge in [0.15, 0.2) is 0 Å². The molecule has 0 unspecified atom stereocenters. The van der Waals surface area contributed by atoms with Gasteiger partial charge in [-0.25, -0.2) is 9.79 Å². The van der Waals surface area contributed by atoms with Gasteiger partial charge in [-0.1, -0.05) is 12.5 Å². The molecule has 0 aromatic carbocycles. The maximum atomic E-state index is 11.9. The first-order valence-electron chi connectivity index (χ1n) is 12.4. The minimum Gasteiger partial charge on any atom is -0.469 e. The Kier molecular flexibility index (Phi) is 14.6. The number of furan rings is 1. The summed E-state index contributed by atoms with van der Waals surface area (Å²) in [6.45, 7) is 6.54. The normalized spacial score (nSPS) is 16.3. The summed E-state index contributed by atoms with van der Waals surface area (Å²) in [7, 11) is 1.50. The van der Waals surface area contributed by atoms with Gasteiger partial charge in [-0.2, -0.15) is 0 Å². The minimum absolute atomic E-state index is 0.0175. The Morgan fingerprint density at radius 1 is 1.16 bits per heavy atom. The third-order valence-electron chi connectivity index (χ3n) is 5.58. The van der Waals surface area contributed by atoms with E-state index in [2.05, 4.69) is 28.5 Å². The average molecular weight is 513 g/mol. The molecule has 0 aliphatic carbocycles. The lowest BCUT2D eigenvalue weighted by Gasteiger charge is -2.23. The lowest BCUT2D eigenvalue weighted by molar-refractivity contribution is -0.139. The zero-order chi connectivity index (χ0) is 27.6. The molecule has 2 saturated heterocycles. The molecule has 0 saturated carbocycles. The smallest absolute Gasteiger partial charge is 0.321 e. The van der Waals surface area contributed by atoms with Crippen LogP contribution in [0.3, 0.4) is 0 Å². The Hall–Kier alpha value is -4.00. The van der Waals surface area contributed by atoms with Gasteiger partial charge in [0, 0.05) is 38.7 Å². The molecule has 0 radical (unpaired) electrons. The molecular weight excluding hydrogens is 472 g/mol. The highest BCUT2D eigenvalue weighted by Gasteiger charge is 2.23. The van der Waals surface area contributed by atoms with E-state index < -0.39 is 6.03 Å². The molecule has 10 heteroatoms. The predicted octanol–water partition coefficient (Wildman–Crippen LogP) is 3.01. The van der Waals surface area contributed by atoms with Crippen LogP contribution >= 0.6 is 0 Å². The molecule has 0 spiro atoms. The second-order valence-electron chi connectivity index (χ2n) is 8.47. The number of carbonyl (C=O) groups is 3. The highest BCUT2D eigenvalue weighted by molar-refractivity contribution is 5.95. The summed E-state index contributed by atoms with van der Waals surface area (Å²) in [4.78, 5) is 42.5. The summed E-state index contributed by atoms with van der Waals surface area (Å²) >= 11 is 0. The maximum Gasteiger partial charge on any atom is 0.321 e. The number of urea groups is 1. The first-order valence-corrected chi connectivity index (χ1v) is 12.4. The van der Waals surface area contributed by atoms with Gasteiger partial charge < -0.3 is 25.3 Å². The third kappa shape index (κ3) is 12.0. The van der Waals surface area contributed by atoms with E-state index in [1.54, 1.807) is 23.3 Å². The molecule has 37 heavy (non-hydrogen) atoms. The number of hydrogen-bond acceptors (Lipinski definition) is 5. The van der Waals surface area contributed by atoms with Gasteiger partial charge in [0.05, 0.1) is 18.5 Å². The fourth-order valence-corrected chi connectivity index (χ4v) is 3.78. The van der Waals surface area contributed by atoms with Crippen LogP contribution in [0, 0.1) is 19.8 Å². The molecule has 0 bridgehead atoms. The Balaban J connectivity index is 0.000000350. The monoisotopic (exact) mass is 512 g/mol. The van der Waals surface area contributed by atoms with E-state index in [4.69, 9.17) is 10.2 Å². The van der Waals surface area contributed by atoms with E-state index in [9.17, 15) is 14.4 Å². The number of aryl methyl sites for hydroxylation is 1. The highest BCUT2D eigenvalue weighted by atomic mass is 16.3. The fraction of sp³-hybridized carbons (Fsp3) is 0.481. The maximum absolute atomic E-state index is 11.9. The van der Waals surface area contributed by atoms with Crippen molar-refractivity contribution in [1.82, 2.24) is 20.4 Å². The van der Waals surface area contributed by atoms with Crippen molar-refractivity contribution in [2.24, 2.45) is 10.7 Å². The van der Waals surface area contributed by atoms with Gasteiger partial charge >= 0.3 is 6.03 Å². The lowest BCUT2D eigenvalue weighted by Crippen LogP contribution is -2.41. The van der Waals surface area contributed by atoms with Crippen molar-refractivity contribution >= 4 is 29.9 Å². The van der Waals surface area contributed by atoms with Gasteiger partial charge in [-0.3, -0.25) is 14.9 Å². The predicted molar refractivity (Wildman–Crippen MR) is 146 cm³/mol. The second kappa shape index (κ2) is 17.4. The van der Waals surface area contributed by atoms with Gasteiger partial charge in [-0.15, -0.1) is 12.8 Å². The molecule has 10 nitrogen and oxygen atoms in total. The fourth-order valence-electron chi connectivity index (χ4n) is 3.78. The summed E-state index contributed by atoms with van der Waals surface area (Å²) in [5, 5.41) is 4.78. The van der Waals surface area contributed by atoms with Crippen molar-refractivity contribution in [3.05, 3.63) is 41.5 Å². The second-order valence-corrected chi connectivity index (χ2v) is 8.47. The molecule has 2 aliphatic heterocycles. The lowest BCUT2D eigenvalue weighted by atomic mass is 10.2. The van der Waals surface area contributed by atoms with Crippen LogP contribution in [0.15, 0.2) is 39.6 Å². The van der Waals surface area contributed by atoms with E-state index in [0.29, 0.717) is 18.7 Å². The quantitative estimate of drug-likeness (QED) is 0.241. The molecule has 4 N–H and O–H groups in total. The van der Waals surface area contributed by atoms with Gasteiger partial charge in [-0.05, 0) is 57.7 Å². The zero-order valence-corrected chi connectivity index (χ0v) is 22.2. The summed E-state index contributed by atoms with van der Waals surface area (Å²) < 4.78 is 5.20. The number of terminal acetylenes is 1. The molecule has 1 aromatic heterocycles. The van der Waals surface area contributed by atoms with Crippen LogP contribution in [0.5, 0.6) is 0 Å². The molecule has 0 atom stereocenters. The Labute approximate surface area is 220 Å². The van der Waals surface area contributed by atoms with E-state index in [-0.39, 0.29) is 17.8 Å². The number of hydrogen-bond donors (Lipinski definition) is 3. The summed E-state index contributed by atoms with van der Waals surface area (Å²) in [6.07, 6.45) is 21.0. The molecule has 4 amide bonds. The minimum atomic E-state index is -0.416. The number of amides is 4. The van der Waals surface area contributed by atoms with Gasteiger partial charge in [0.2, 0.25) is 17.8 Å². The van der Waals surface area contributed by atoms with E-state index in [1.165, 1.54) is 7.05 Å². The van der Waals surface area contributed by atoms with Gasteiger partial charge in [0.25, 0.3) is 0 Å². The number of aliphatic imine (C=N–C) groups is 1. The molecule has 1 aromatic rings. The molecule has 3 rings (SSSR count). The van der Waals surface area contributed by atoms with Crippen molar-refractivity contribution in [2.45, 2.75) is 52.4 Å². The van der Waals surface area contributed by atoms with Crippen molar-refractivity contribution in [1.29, 1.82) is 0 Å². The van der Waals surface area contributed by atoms with Gasteiger partial charge in [0.1, 0.15) is 5.76 Å². The topological polar surface area (TPSA) is 133 Å². The van der Waals surface area contributed by atoms with Crippen molar-refractivity contribution in [3.8, 4) is 12.8 Å². The first kappa shape index (κ1) is 31.0. The number of rotatable bonds is 5. The van der Waals surface area contributed by atoms with Crippen molar-refractivity contribution in [2.75, 3.05) is 33.2 Å². The third-order valence-corrected chi connectivity index (χ3v) is 5.58.